The number of amides is 2. The van der Waals surface area contributed by atoms with E-state index < -0.39 is 0 Å². The number of urea groups is 1. The second-order valence-corrected chi connectivity index (χ2v) is 7.56. The quantitative estimate of drug-likeness (QED) is 0.849. The molecule has 1 saturated heterocycles. The summed E-state index contributed by atoms with van der Waals surface area (Å²) in [5.41, 5.74) is 1.77. The number of hydrogen-bond donors (Lipinski definition) is 1. The van der Waals surface area contributed by atoms with Crippen LogP contribution >= 0.6 is 0 Å². The lowest BCUT2D eigenvalue weighted by Gasteiger charge is -2.36. The van der Waals surface area contributed by atoms with E-state index in [-0.39, 0.29) is 6.03 Å². The third-order valence-electron chi connectivity index (χ3n) is 5.56. The number of nitrogens with one attached hydrogen (secondary N) is 1. The predicted octanol–water partition coefficient (Wildman–Crippen LogP) is 2.53. The van der Waals surface area contributed by atoms with Crippen molar-refractivity contribution < 1.29 is 9.53 Å². The number of rotatable bonds is 4. The molecule has 4 rings (SSSR count). The van der Waals surface area contributed by atoms with Gasteiger partial charge < -0.3 is 24.8 Å². The van der Waals surface area contributed by atoms with E-state index >= 15 is 0 Å². The van der Waals surface area contributed by atoms with Gasteiger partial charge >= 0.3 is 6.03 Å². The molecule has 0 unspecified atom stereocenters. The summed E-state index contributed by atoms with van der Waals surface area (Å²) in [7, 11) is 1.61. The zero-order valence-electron chi connectivity index (χ0n) is 17.3. The number of hydrogen-bond acceptors (Lipinski definition) is 6. The van der Waals surface area contributed by atoms with Crippen molar-refractivity contribution in [3.8, 4) is 5.75 Å². The van der Waals surface area contributed by atoms with Crippen LogP contribution in [0, 0.1) is 6.92 Å². The third kappa shape index (κ3) is 4.06. The van der Waals surface area contributed by atoms with E-state index in [4.69, 9.17) is 9.73 Å². The van der Waals surface area contributed by atoms with Gasteiger partial charge in [-0.1, -0.05) is 13.0 Å². The standard InChI is InChI=1S/C21H28N6O2/c1-4-16-13-27-14-22-19(12-20(27)23-16)25-7-9-26(10-8-25)21(28)24-17-11-15(2)5-6-18(17)29-3/h5-6,11-12,14,16H,4,7-10,13H2,1-3H3,(H,24,28)/t16-/m1/s1. The van der Waals surface area contributed by atoms with Gasteiger partial charge in [0.25, 0.3) is 0 Å². The van der Waals surface area contributed by atoms with Crippen molar-refractivity contribution in [2.24, 2.45) is 9.98 Å². The summed E-state index contributed by atoms with van der Waals surface area (Å²) in [5.74, 6) is 2.59. The fraction of sp³-hybridized carbons (Fsp3) is 0.476. The van der Waals surface area contributed by atoms with E-state index in [1.807, 2.05) is 36.4 Å². The molecule has 0 radical (unpaired) electrons. The summed E-state index contributed by atoms with van der Waals surface area (Å²) in [4.78, 5) is 28.2. The summed E-state index contributed by atoms with van der Waals surface area (Å²) < 4.78 is 5.35. The smallest absolute Gasteiger partial charge is 0.322 e. The Morgan fingerprint density at radius 2 is 2.07 bits per heavy atom. The van der Waals surface area contributed by atoms with Crippen molar-refractivity contribution in [2.45, 2.75) is 26.3 Å². The minimum atomic E-state index is -0.105. The number of methoxy groups -OCH3 is 1. The molecule has 8 heteroatoms. The lowest BCUT2D eigenvalue weighted by molar-refractivity contribution is 0.166. The van der Waals surface area contributed by atoms with Crippen LogP contribution in [0.4, 0.5) is 10.5 Å². The van der Waals surface area contributed by atoms with Crippen molar-refractivity contribution in [1.82, 2.24) is 14.7 Å². The van der Waals surface area contributed by atoms with Crippen LogP contribution in [0.3, 0.4) is 0 Å². The highest BCUT2D eigenvalue weighted by atomic mass is 16.5. The van der Waals surface area contributed by atoms with Crippen LogP contribution in [0.1, 0.15) is 18.9 Å². The summed E-state index contributed by atoms with van der Waals surface area (Å²) in [5, 5.41) is 2.98. The number of anilines is 1. The number of piperazine rings is 1. The Labute approximate surface area is 171 Å². The molecule has 1 aromatic carbocycles. The molecule has 0 aliphatic carbocycles. The van der Waals surface area contributed by atoms with Gasteiger partial charge in [-0.25, -0.2) is 9.79 Å². The maximum absolute atomic E-state index is 12.7. The second kappa shape index (κ2) is 8.14. The van der Waals surface area contributed by atoms with Crippen LogP contribution in [-0.2, 0) is 0 Å². The van der Waals surface area contributed by atoms with Gasteiger partial charge in [-0.15, -0.1) is 0 Å². The molecule has 3 aliphatic rings. The molecule has 0 saturated carbocycles. The van der Waals surface area contributed by atoms with E-state index in [1.165, 1.54) is 0 Å². The Morgan fingerprint density at radius 3 is 2.79 bits per heavy atom. The van der Waals surface area contributed by atoms with Crippen LogP contribution in [-0.4, -0.2) is 78.8 Å². The van der Waals surface area contributed by atoms with Crippen LogP contribution in [0.15, 0.2) is 40.1 Å². The lowest BCUT2D eigenvalue weighted by Crippen LogP contribution is -2.50. The van der Waals surface area contributed by atoms with Crippen LogP contribution in [0.25, 0.3) is 0 Å². The number of ether oxygens (including phenoxy) is 1. The van der Waals surface area contributed by atoms with E-state index in [0.29, 0.717) is 30.6 Å². The number of nitrogens with zero attached hydrogens (tertiary/aromatic N) is 5. The van der Waals surface area contributed by atoms with E-state index in [0.717, 1.165) is 43.3 Å². The average molecular weight is 396 g/mol. The minimum absolute atomic E-state index is 0.105. The maximum atomic E-state index is 12.7. The van der Waals surface area contributed by atoms with Gasteiger partial charge in [0.2, 0.25) is 0 Å². The minimum Gasteiger partial charge on any atom is -0.495 e. The summed E-state index contributed by atoms with van der Waals surface area (Å²) in [6, 6.07) is 6.00. The van der Waals surface area contributed by atoms with Crippen molar-refractivity contribution >= 4 is 23.9 Å². The monoisotopic (exact) mass is 396 g/mol. The third-order valence-corrected chi connectivity index (χ3v) is 5.56. The largest absolute Gasteiger partial charge is 0.495 e. The molecule has 3 aliphatic heterocycles. The molecule has 0 aromatic heterocycles. The van der Waals surface area contributed by atoms with E-state index in [9.17, 15) is 4.79 Å². The Hall–Kier alpha value is -3.03. The molecular formula is C21H28N6O2. The fourth-order valence-corrected chi connectivity index (χ4v) is 3.78. The molecule has 154 valence electrons. The normalized spacial score (nSPS) is 20.9. The molecule has 1 fully saturated rings. The number of benzene rings is 1. The SMILES string of the molecule is CC[C@@H]1CN2C=NC(N3CCN(C(=O)Nc4cc(C)ccc4OC)CC3)=CC2=N1. The van der Waals surface area contributed by atoms with Gasteiger partial charge in [-0.3, -0.25) is 4.99 Å². The Morgan fingerprint density at radius 1 is 1.28 bits per heavy atom. The number of aryl methyl sites for hydroxylation is 1. The van der Waals surface area contributed by atoms with Gasteiger partial charge in [0, 0.05) is 38.8 Å². The van der Waals surface area contributed by atoms with Crippen molar-refractivity contribution in [3.63, 3.8) is 0 Å². The maximum Gasteiger partial charge on any atom is 0.322 e. The molecule has 1 atom stereocenters. The second-order valence-electron chi connectivity index (χ2n) is 7.56. The van der Waals surface area contributed by atoms with Crippen LogP contribution in [0.5, 0.6) is 5.75 Å². The molecule has 2 amide bonds. The van der Waals surface area contributed by atoms with Gasteiger partial charge in [0.15, 0.2) is 0 Å². The van der Waals surface area contributed by atoms with E-state index in [1.54, 1.807) is 7.11 Å². The molecule has 3 heterocycles. The summed E-state index contributed by atoms with van der Waals surface area (Å²) in [6.07, 6.45) is 4.98. The Kier molecular flexibility index (Phi) is 5.42. The summed E-state index contributed by atoms with van der Waals surface area (Å²) in [6.45, 7) is 7.82. The van der Waals surface area contributed by atoms with Crippen LogP contribution < -0.4 is 10.1 Å². The number of carbonyl (C=O) groups is 1. The Bertz CT molecular complexity index is 870. The first-order valence-electron chi connectivity index (χ1n) is 10.1. The average Bonchev–Trinajstić information content (AvgIpc) is 3.16. The van der Waals surface area contributed by atoms with Gasteiger partial charge in [0.05, 0.1) is 25.2 Å². The zero-order valence-corrected chi connectivity index (χ0v) is 17.3. The predicted molar refractivity (Wildman–Crippen MR) is 115 cm³/mol. The summed E-state index contributed by atoms with van der Waals surface area (Å²) >= 11 is 0. The van der Waals surface area contributed by atoms with Gasteiger partial charge in [0.1, 0.15) is 17.4 Å². The number of carbonyl (C=O) groups excluding carboxylic acids is 1. The van der Waals surface area contributed by atoms with Crippen molar-refractivity contribution in [1.29, 1.82) is 0 Å². The first kappa shape index (κ1) is 19.3. The topological polar surface area (TPSA) is 72.8 Å². The van der Waals surface area contributed by atoms with Crippen LogP contribution in [0.2, 0.25) is 0 Å². The molecule has 1 N–H and O–H groups in total. The first-order chi connectivity index (χ1) is 14.1. The zero-order chi connectivity index (χ0) is 20.4. The molecule has 29 heavy (non-hydrogen) atoms. The molecular weight excluding hydrogens is 368 g/mol. The number of fused-ring (bicyclic) bond motifs is 1. The highest BCUT2D eigenvalue weighted by Crippen LogP contribution is 2.26. The van der Waals surface area contributed by atoms with E-state index in [2.05, 4.69) is 33.1 Å². The van der Waals surface area contributed by atoms with Gasteiger partial charge in [-0.05, 0) is 31.0 Å². The molecule has 1 aromatic rings. The van der Waals surface area contributed by atoms with Gasteiger partial charge in [-0.2, -0.15) is 0 Å². The Balaban J connectivity index is 1.36. The van der Waals surface area contributed by atoms with Crippen molar-refractivity contribution in [2.75, 3.05) is 45.2 Å². The number of amidine groups is 1. The highest BCUT2D eigenvalue weighted by Gasteiger charge is 2.28. The lowest BCUT2D eigenvalue weighted by atomic mass is 10.2. The van der Waals surface area contributed by atoms with Crippen molar-refractivity contribution in [3.05, 3.63) is 35.7 Å². The first-order valence-corrected chi connectivity index (χ1v) is 10.1. The fourth-order valence-electron chi connectivity index (χ4n) is 3.78. The molecule has 8 nitrogen and oxygen atoms in total. The molecule has 0 bridgehead atoms. The highest BCUT2D eigenvalue weighted by molar-refractivity contribution is 6.03. The number of aliphatic imine (C=N–C) groups is 2. The molecule has 0 spiro atoms.